The molecule has 6 heteroatoms. The number of methoxy groups -OCH3 is 1. The molecular formula is C13H22N2O3S. The summed E-state index contributed by atoms with van der Waals surface area (Å²) in [5.74, 6) is 0. The van der Waals surface area contributed by atoms with Gasteiger partial charge in [-0.3, -0.25) is 0 Å². The van der Waals surface area contributed by atoms with Crippen molar-refractivity contribution < 1.29 is 13.2 Å². The van der Waals surface area contributed by atoms with E-state index >= 15 is 0 Å². The molecule has 0 saturated heterocycles. The highest BCUT2D eigenvalue weighted by Crippen LogP contribution is 2.24. The number of hydrogen-bond donors (Lipinski definition) is 2. The number of anilines is 1. The molecule has 1 aromatic carbocycles. The molecule has 0 saturated carbocycles. The van der Waals surface area contributed by atoms with E-state index in [0.29, 0.717) is 6.61 Å². The molecule has 0 aromatic heterocycles. The molecule has 0 spiro atoms. The molecule has 3 N–H and O–H groups in total. The van der Waals surface area contributed by atoms with Crippen molar-refractivity contribution in [2.24, 2.45) is 5.14 Å². The first kappa shape index (κ1) is 15.9. The minimum atomic E-state index is -3.68. The Balaban J connectivity index is 3.03. The van der Waals surface area contributed by atoms with Crippen LogP contribution in [0, 0.1) is 13.8 Å². The highest BCUT2D eigenvalue weighted by atomic mass is 32.2. The second kappa shape index (κ2) is 6.36. The normalized spacial score (nSPS) is 13.3. The van der Waals surface area contributed by atoms with Crippen LogP contribution in [0.3, 0.4) is 0 Å². The van der Waals surface area contributed by atoms with E-state index in [9.17, 15) is 8.42 Å². The topological polar surface area (TPSA) is 81.4 Å². The van der Waals surface area contributed by atoms with E-state index in [4.69, 9.17) is 9.88 Å². The number of sulfonamides is 1. The number of primary sulfonamides is 1. The van der Waals surface area contributed by atoms with Gasteiger partial charge in [-0.2, -0.15) is 0 Å². The van der Waals surface area contributed by atoms with Gasteiger partial charge >= 0.3 is 0 Å². The van der Waals surface area contributed by atoms with Crippen LogP contribution >= 0.6 is 0 Å². The molecular weight excluding hydrogens is 264 g/mol. The molecule has 0 aliphatic rings. The first-order chi connectivity index (χ1) is 8.75. The largest absolute Gasteiger partial charge is 0.385 e. The quantitative estimate of drug-likeness (QED) is 0.835. The maximum Gasteiger partial charge on any atom is 0.238 e. The second-order valence-electron chi connectivity index (χ2n) is 4.78. The zero-order chi connectivity index (χ0) is 14.6. The van der Waals surface area contributed by atoms with Crippen molar-refractivity contribution in [1.29, 1.82) is 0 Å². The lowest BCUT2D eigenvalue weighted by Crippen LogP contribution is -2.19. The third-order valence-corrected chi connectivity index (χ3v) is 4.02. The van der Waals surface area contributed by atoms with E-state index in [1.807, 2.05) is 20.8 Å². The van der Waals surface area contributed by atoms with Gasteiger partial charge in [-0.1, -0.05) is 0 Å². The Labute approximate surface area is 115 Å². The summed E-state index contributed by atoms with van der Waals surface area (Å²) in [6.45, 7) is 6.50. The minimum Gasteiger partial charge on any atom is -0.385 e. The van der Waals surface area contributed by atoms with Crippen LogP contribution in [0.1, 0.15) is 24.5 Å². The summed E-state index contributed by atoms with van der Waals surface area (Å²) in [5, 5.41) is 8.48. The van der Waals surface area contributed by atoms with Crippen molar-refractivity contribution in [1.82, 2.24) is 0 Å². The SMILES string of the molecule is COCCC(C)Nc1cc(S(N)(=O)=O)cc(C)c1C. The Hall–Kier alpha value is -1.11. The van der Waals surface area contributed by atoms with Crippen LogP contribution in [0.2, 0.25) is 0 Å². The van der Waals surface area contributed by atoms with E-state index in [1.165, 1.54) is 0 Å². The number of aryl methyl sites for hydroxylation is 1. The summed E-state index contributed by atoms with van der Waals surface area (Å²) >= 11 is 0. The van der Waals surface area contributed by atoms with Crippen molar-refractivity contribution >= 4 is 15.7 Å². The molecule has 1 aromatic rings. The number of nitrogens with one attached hydrogen (secondary N) is 1. The summed E-state index contributed by atoms with van der Waals surface area (Å²) in [6.07, 6.45) is 0.842. The zero-order valence-corrected chi connectivity index (χ0v) is 12.7. The van der Waals surface area contributed by atoms with Crippen LogP contribution in [-0.4, -0.2) is 28.2 Å². The average molecular weight is 286 g/mol. The lowest BCUT2D eigenvalue weighted by Gasteiger charge is -2.18. The Bertz CT molecular complexity index is 541. The van der Waals surface area contributed by atoms with Gasteiger partial charge in [0.05, 0.1) is 4.90 Å². The average Bonchev–Trinajstić information content (AvgIpc) is 2.30. The van der Waals surface area contributed by atoms with E-state index < -0.39 is 10.0 Å². The standard InChI is InChI=1S/C13H22N2O3S/c1-9-7-12(19(14,16)17)8-13(11(9)3)15-10(2)5-6-18-4/h7-8,10,15H,5-6H2,1-4H3,(H2,14,16,17). The highest BCUT2D eigenvalue weighted by Gasteiger charge is 2.13. The molecule has 0 aliphatic heterocycles. The molecule has 0 fully saturated rings. The lowest BCUT2D eigenvalue weighted by atomic mass is 10.1. The number of ether oxygens (including phenoxy) is 1. The molecule has 108 valence electrons. The molecule has 0 bridgehead atoms. The third-order valence-electron chi connectivity index (χ3n) is 3.13. The second-order valence-corrected chi connectivity index (χ2v) is 6.35. The fraction of sp³-hybridized carbons (Fsp3) is 0.538. The van der Waals surface area contributed by atoms with Gasteiger partial charge in [0.1, 0.15) is 0 Å². The van der Waals surface area contributed by atoms with Crippen LogP contribution < -0.4 is 10.5 Å². The van der Waals surface area contributed by atoms with E-state index in [1.54, 1.807) is 19.2 Å². The van der Waals surface area contributed by atoms with Gasteiger partial charge in [0.25, 0.3) is 0 Å². The summed E-state index contributed by atoms with van der Waals surface area (Å²) in [6, 6.07) is 3.37. The third kappa shape index (κ3) is 4.49. The summed E-state index contributed by atoms with van der Waals surface area (Å²) in [5.41, 5.74) is 2.72. The van der Waals surface area contributed by atoms with Crippen molar-refractivity contribution in [3.05, 3.63) is 23.3 Å². The summed E-state index contributed by atoms with van der Waals surface area (Å²) in [7, 11) is -2.03. The van der Waals surface area contributed by atoms with Crippen LogP contribution in [-0.2, 0) is 14.8 Å². The Kier molecular flexibility index (Phi) is 5.34. The van der Waals surface area contributed by atoms with E-state index in [2.05, 4.69) is 5.32 Å². The Morgan fingerprint density at radius 2 is 2.00 bits per heavy atom. The number of benzene rings is 1. The molecule has 0 heterocycles. The number of rotatable bonds is 6. The van der Waals surface area contributed by atoms with Crippen LogP contribution in [0.25, 0.3) is 0 Å². The van der Waals surface area contributed by atoms with Crippen LogP contribution in [0.15, 0.2) is 17.0 Å². The van der Waals surface area contributed by atoms with Crippen LogP contribution in [0.4, 0.5) is 5.69 Å². The highest BCUT2D eigenvalue weighted by molar-refractivity contribution is 7.89. The van der Waals surface area contributed by atoms with Crippen molar-refractivity contribution in [3.63, 3.8) is 0 Å². The molecule has 5 nitrogen and oxygen atoms in total. The molecule has 1 atom stereocenters. The lowest BCUT2D eigenvalue weighted by molar-refractivity contribution is 0.191. The van der Waals surface area contributed by atoms with Crippen molar-refractivity contribution in [3.8, 4) is 0 Å². The van der Waals surface area contributed by atoms with Gasteiger partial charge in [-0.25, -0.2) is 13.6 Å². The Morgan fingerprint density at radius 1 is 1.37 bits per heavy atom. The molecule has 1 rings (SSSR count). The minimum absolute atomic E-state index is 0.136. The first-order valence-corrected chi connectivity index (χ1v) is 7.70. The predicted octanol–water partition coefficient (Wildman–Crippen LogP) is 1.79. The van der Waals surface area contributed by atoms with Gasteiger partial charge in [0.2, 0.25) is 10.0 Å². The molecule has 0 amide bonds. The zero-order valence-electron chi connectivity index (χ0n) is 11.9. The van der Waals surface area contributed by atoms with Gasteiger partial charge in [-0.15, -0.1) is 0 Å². The van der Waals surface area contributed by atoms with Crippen molar-refractivity contribution in [2.75, 3.05) is 19.0 Å². The van der Waals surface area contributed by atoms with Gasteiger partial charge in [0.15, 0.2) is 0 Å². The van der Waals surface area contributed by atoms with Gasteiger partial charge in [-0.05, 0) is 50.5 Å². The fourth-order valence-corrected chi connectivity index (χ4v) is 2.40. The molecule has 19 heavy (non-hydrogen) atoms. The van der Waals surface area contributed by atoms with E-state index in [-0.39, 0.29) is 10.9 Å². The molecule has 0 radical (unpaired) electrons. The van der Waals surface area contributed by atoms with Gasteiger partial charge < -0.3 is 10.1 Å². The molecule has 0 aliphatic carbocycles. The Morgan fingerprint density at radius 3 is 2.53 bits per heavy atom. The van der Waals surface area contributed by atoms with Crippen molar-refractivity contribution in [2.45, 2.75) is 38.1 Å². The maximum absolute atomic E-state index is 11.4. The monoisotopic (exact) mass is 286 g/mol. The summed E-state index contributed by atoms with van der Waals surface area (Å²) in [4.78, 5) is 0.136. The van der Waals surface area contributed by atoms with Crippen LogP contribution in [0.5, 0.6) is 0 Å². The number of hydrogen-bond acceptors (Lipinski definition) is 4. The fourth-order valence-electron chi connectivity index (χ4n) is 1.77. The first-order valence-electron chi connectivity index (χ1n) is 6.15. The molecule has 1 unspecified atom stereocenters. The van der Waals surface area contributed by atoms with Gasteiger partial charge in [0, 0.05) is 25.4 Å². The maximum atomic E-state index is 11.4. The summed E-state index contributed by atoms with van der Waals surface area (Å²) < 4.78 is 27.9. The smallest absolute Gasteiger partial charge is 0.238 e. The number of nitrogens with two attached hydrogens (primary N) is 1. The van der Waals surface area contributed by atoms with E-state index in [0.717, 1.165) is 23.2 Å². The predicted molar refractivity (Wildman–Crippen MR) is 76.9 cm³/mol.